The number of hydrogen-bond acceptors (Lipinski definition) is 3. The molecule has 82 valence electrons. The molecule has 0 saturated heterocycles. The Bertz CT molecular complexity index is 476. The molecule has 1 aromatic rings. The number of nitriles is 1. The second kappa shape index (κ2) is 3.86. The highest BCUT2D eigenvalue weighted by Crippen LogP contribution is 2.40. The van der Waals surface area contributed by atoms with E-state index < -0.39 is 5.91 Å². The average molecular weight is 216 g/mol. The zero-order valence-corrected chi connectivity index (χ0v) is 9.15. The Labute approximate surface area is 93.8 Å². The number of amides is 1. The molecular formula is C12H12N2O2. The van der Waals surface area contributed by atoms with Crippen molar-refractivity contribution in [2.75, 3.05) is 0 Å². The van der Waals surface area contributed by atoms with Gasteiger partial charge in [-0.2, -0.15) is 5.26 Å². The van der Waals surface area contributed by atoms with Crippen LogP contribution in [0.3, 0.4) is 0 Å². The second-order valence-electron chi connectivity index (χ2n) is 3.90. The highest BCUT2D eigenvalue weighted by Gasteiger charge is 2.30. The Morgan fingerprint density at radius 1 is 1.50 bits per heavy atom. The van der Waals surface area contributed by atoms with Gasteiger partial charge >= 0.3 is 0 Å². The van der Waals surface area contributed by atoms with E-state index in [-0.39, 0.29) is 12.0 Å². The number of hydrogen-bond donors (Lipinski definition) is 1. The molecule has 0 fully saturated rings. The third-order valence-electron chi connectivity index (χ3n) is 2.96. The maximum Gasteiger partial charge on any atom is 0.268 e. The first-order chi connectivity index (χ1) is 7.65. The van der Waals surface area contributed by atoms with E-state index in [1.165, 1.54) is 0 Å². The minimum Gasteiger partial charge on any atom is -0.489 e. The Balaban J connectivity index is 2.45. The molecule has 0 radical (unpaired) electrons. The van der Waals surface area contributed by atoms with E-state index in [9.17, 15) is 4.79 Å². The van der Waals surface area contributed by atoms with Gasteiger partial charge in [-0.15, -0.1) is 0 Å². The van der Waals surface area contributed by atoms with Gasteiger partial charge in [0.15, 0.2) is 6.19 Å². The Hall–Kier alpha value is -2.02. The largest absolute Gasteiger partial charge is 0.489 e. The van der Waals surface area contributed by atoms with E-state index in [2.05, 4.69) is 12.2 Å². The average Bonchev–Trinajstić information content (AvgIpc) is 2.55. The number of nitrogens with one attached hydrogen (secondary N) is 1. The standard InChI is InChI=1S/C12H12N2O2/c1-7-8(2)16-11-9(7)4-3-5-10(11)12(15)14-6-13/h3-5,7-8H,1-2H3,(H,14,15). The zero-order valence-electron chi connectivity index (χ0n) is 9.15. The number of rotatable bonds is 1. The minimum absolute atomic E-state index is 0.0611. The number of nitrogens with zero attached hydrogens (tertiary/aromatic N) is 1. The normalized spacial score (nSPS) is 21.8. The lowest BCUT2D eigenvalue weighted by Crippen LogP contribution is -2.18. The fraction of sp³-hybridized carbons (Fsp3) is 0.333. The summed E-state index contributed by atoms with van der Waals surface area (Å²) in [5, 5.41) is 10.5. The van der Waals surface area contributed by atoms with Gasteiger partial charge in [-0.05, 0) is 13.0 Å². The Morgan fingerprint density at radius 3 is 2.94 bits per heavy atom. The fourth-order valence-corrected chi connectivity index (χ4v) is 1.88. The molecule has 1 heterocycles. The summed E-state index contributed by atoms with van der Waals surface area (Å²) in [6, 6.07) is 5.42. The number of para-hydroxylation sites is 1. The highest BCUT2D eigenvalue weighted by atomic mass is 16.5. The van der Waals surface area contributed by atoms with Crippen molar-refractivity contribution in [1.29, 1.82) is 5.26 Å². The van der Waals surface area contributed by atoms with Crippen LogP contribution in [-0.4, -0.2) is 12.0 Å². The van der Waals surface area contributed by atoms with E-state index in [0.29, 0.717) is 11.3 Å². The molecule has 0 aromatic heterocycles. The van der Waals surface area contributed by atoms with Crippen LogP contribution in [0.1, 0.15) is 35.7 Å². The second-order valence-corrected chi connectivity index (χ2v) is 3.90. The number of carbonyl (C=O) groups is 1. The highest BCUT2D eigenvalue weighted by molar-refractivity contribution is 5.98. The van der Waals surface area contributed by atoms with Crippen LogP contribution >= 0.6 is 0 Å². The molecule has 1 N–H and O–H groups in total. The molecular weight excluding hydrogens is 204 g/mol. The topological polar surface area (TPSA) is 62.1 Å². The molecule has 1 amide bonds. The van der Waals surface area contributed by atoms with E-state index >= 15 is 0 Å². The van der Waals surface area contributed by atoms with Gasteiger partial charge in [-0.3, -0.25) is 10.1 Å². The third kappa shape index (κ3) is 1.50. The van der Waals surface area contributed by atoms with Crippen molar-refractivity contribution in [3.05, 3.63) is 29.3 Å². The molecule has 0 aliphatic carbocycles. The Morgan fingerprint density at radius 2 is 2.25 bits per heavy atom. The number of benzene rings is 1. The molecule has 1 aromatic carbocycles. The van der Waals surface area contributed by atoms with E-state index in [4.69, 9.17) is 10.00 Å². The van der Waals surface area contributed by atoms with Gasteiger partial charge in [0.1, 0.15) is 11.9 Å². The fourth-order valence-electron chi connectivity index (χ4n) is 1.88. The molecule has 2 unspecified atom stereocenters. The van der Waals surface area contributed by atoms with Crippen LogP contribution in [0.5, 0.6) is 5.75 Å². The first kappa shape index (κ1) is 10.5. The molecule has 16 heavy (non-hydrogen) atoms. The maximum atomic E-state index is 11.6. The van der Waals surface area contributed by atoms with Gasteiger partial charge in [0.05, 0.1) is 5.56 Å². The van der Waals surface area contributed by atoms with Crippen molar-refractivity contribution < 1.29 is 9.53 Å². The summed E-state index contributed by atoms with van der Waals surface area (Å²) >= 11 is 0. The summed E-state index contributed by atoms with van der Waals surface area (Å²) in [4.78, 5) is 11.6. The molecule has 4 nitrogen and oxygen atoms in total. The molecule has 4 heteroatoms. The van der Waals surface area contributed by atoms with Crippen LogP contribution in [-0.2, 0) is 0 Å². The maximum absolute atomic E-state index is 11.6. The Kier molecular flexibility index (Phi) is 2.53. The lowest BCUT2D eigenvalue weighted by Gasteiger charge is -2.08. The zero-order chi connectivity index (χ0) is 11.7. The summed E-state index contributed by atoms with van der Waals surface area (Å²) < 4.78 is 5.65. The first-order valence-electron chi connectivity index (χ1n) is 5.14. The molecule has 1 aliphatic heterocycles. The van der Waals surface area contributed by atoms with Gasteiger partial charge in [-0.1, -0.05) is 19.1 Å². The lowest BCUT2D eigenvalue weighted by atomic mass is 9.97. The van der Waals surface area contributed by atoms with Crippen molar-refractivity contribution in [1.82, 2.24) is 5.32 Å². The van der Waals surface area contributed by atoms with Crippen molar-refractivity contribution >= 4 is 5.91 Å². The van der Waals surface area contributed by atoms with Crippen LogP contribution in [0.4, 0.5) is 0 Å². The van der Waals surface area contributed by atoms with Gasteiger partial charge < -0.3 is 4.74 Å². The monoisotopic (exact) mass is 216 g/mol. The minimum atomic E-state index is -0.416. The third-order valence-corrected chi connectivity index (χ3v) is 2.96. The molecule has 0 bridgehead atoms. The summed E-state index contributed by atoms with van der Waals surface area (Å²) in [6.45, 7) is 4.03. The number of fused-ring (bicyclic) bond motifs is 1. The molecule has 2 atom stereocenters. The van der Waals surface area contributed by atoms with Gasteiger partial charge in [0.25, 0.3) is 5.91 Å². The molecule has 0 saturated carbocycles. The quantitative estimate of drug-likeness (QED) is 0.575. The van der Waals surface area contributed by atoms with Crippen molar-refractivity contribution in [2.45, 2.75) is 25.9 Å². The van der Waals surface area contributed by atoms with Crippen molar-refractivity contribution in [3.63, 3.8) is 0 Å². The van der Waals surface area contributed by atoms with Gasteiger partial charge in [0, 0.05) is 11.5 Å². The van der Waals surface area contributed by atoms with E-state index in [1.54, 1.807) is 12.3 Å². The van der Waals surface area contributed by atoms with E-state index in [1.807, 2.05) is 19.1 Å². The predicted molar refractivity (Wildman–Crippen MR) is 58.0 cm³/mol. The van der Waals surface area contributed by atoms with Crippen LogP contribution in [0.15, 0.2) is 18.2 Å². The summed E-state index contributed by atoms with van der Waals surface area (Å²) in [7, 11) is 0. The predicted octanol–water partition coefficient (Wildman–Crippen LogP) is 1.78. The van der Waals surface area contributed by atoms with Crippen molar-refractivity contribution in [2.24, 2.45) is 0 Å². The van der Waals surface area contributed by atoms with E-state index in [0.717, 1.165) is 5.56 Å². The van der Waals surface area contributed by atoms with Gasteiger partial charge in [-0.25, -0.2) is 0 Å². The number of ether oxygens (including phenoxy) is 1. The van der Waals surface area contributed by atoms with Crippen LogP contribution in [0, 0.1) is 11.5 Å². The summed E-state index contributed by atoms with van der Waals surface area (Å²) in [5.74, 6) is 0.459. The lowest BCUT2D eigenvalue weighted by molar-refractivity contribution is 0.0968. The van der Waals surface area contributed by atoms with Crippen LogP contribution in [0.25, 0.3) is 0 Å². The summed E-state index contributed by atoms with van der Waals surface area (Å²) in [5.41, 5.74) is 1.45. The summed E-state index contributed by atoms with van der Waals surface area (Å²) in [6.07, 6.45) is 1.69. The molecule has 2 rings (SSSR count). The first-order valence-corrected chi connectivity index (χ1v) is 5.14. The van der Waals surface area contributed by atoms with Crippen LogP contribution in [0.2, 0.25) is 0 Å². The van der Waals surface area contributed by atoms with Crippen molar-refractivity contribution in [3.8, 4) is 11.9 Å². The SMILES string of the molecule is CC1Oc2c(C(=O)NC#N)cccc2C1C. The smallest absolute Gasteiger partial charge is 0.268 e. The number of carbonyl (C=O) groups excluding carboxylic acids is 1. The van der Waals surface area contributed by atoms with Gasteiger partial charge in [0.2, 0.25) is 0 Å². The van der Waals surface area contributed by atoms with Crippen LogP contribution < -0.4 is 10.1 Å². The molecule has 1 aliphatic rings. The molecule has 0 spiro atoms.